The molecule has 1 aliphatic heterocycles. The first kappa shape index (κ1) is 12.2. The zero-order chi connectivity index (χ0) is 12.4. The second kappa shape index (κ2) is 4.92. The number of carbonyl (C=O) groups excluding carboxylic acids is 1. The Labute approximate surface area is 102 Å². The minimum Gasteiger partial charge on any atom is -0.466 e. The van der Waals surface area contributed by atoms with Crippen LogP contribution in [-0.2, 0) is 0 Å². The summed E-state index contributed by atoms with van der Waals surface area (Å²) in [6.07, 6.45) is 1.01. The maximum Gasteiger partial charge on any atom is 0.257 e. The van der Waals surface area contributed by atoms with E-state index in [1.165, 1.54) is 0 Å². The third-order valence-electron chi connectivity index (χ3n) is 3.40. The minimum atomic E-state index is 0.112. The highest BCUT2D eigenvalue weighted by molar-refractivity contribution is 5.96. The van der Waals surface area contributed by atoms with Gasteiger partial charge in [-0.2, -0.15) is 0 Å². The van der Waals surface area contributed by atoms with Gasteiger partial charge in [-0.25, -0.2) is 0 Å². The molecule has 1 saturated heterocycles. The molecule has 1 N–H and O–H groups in total. The molecule has 17 heavy (non-hydrogen) atoms. The Morgan fingerprint density at radius 2 is 1.94 bits per heavy atom. The van der Waals surface area contributed by atoms with Crippen LogP contribution >= 0.6 is 0 Å². The van der Waals surface area contributed by atoms with Crippen LogP contribution < -0.4 is 5.32 Å². The fraction of sp³-hybridized carbons (Fsp3) is 0.615. The number of nitrogens with one attached hydrogen (secondary N) is 1. The number of aryl methyl sites for hydroxylation is 2. The highest BCUT2D eigenvalue weighted by Gasteiger charge is 2.24. The smallest absolute Gasteiger partial charge is 0.257 e. The molecule has 1 amide bonds. The van der Waals surface area contributed by atoms with E-state index in [2.05, 4.69) is 5.32 Å². The molecule has 0 bridgehead atoms. The predicted molar refractivity (Wildman–Crippen MR) is 66.3 cm³/mol. The van der Waals surface area contributed by atoms with Crippen molar-refractivity contribution in [2.24, 2.45) is 0 Å². The Hall–Kier alpha value is -1.29. The summed E-state index contributed by atoms with van der Waals surface area (Å²) < 4.78 is 5.53. The molecule has 1 fully saturated rings. The SMILES string of the molecule is Cc1oc(C)c(C(=O)N2CCCNCC2)c1C. The van der Waals surface area contributed by atoms with Gasteiger partial charge in [-0.15, -0.1) is 0 Å². The van der Waals surface area contributed by atoms with Gasteiger partial charge >= 0.3 is 0 Å². The first-order valence-corrected chi connectivity index (χ1v) is 6.18. The maximum atomic E-state index is 12.4. The summed E-state index contributed by atoms with van der Waals surface area (Å²) in [6, 6.07) is 0. The van der Waals surface area contributed by atoms with Crippen LogP contribution in [0.5, 0.6) is 0 Å². The van der Waals surface area contributed by atoms with Gasteiger partial charge in [-0.1, -0.05) is 0 Å². The van der Waals surface area contributed by atoms with Crippen LogP contribution in [0.2, 0.25) is 0 Å². The Balaban J connectivity index is 2.23. The van der Waals surface area contributed by atoms with Gasteiger partial charge in [0.05, 0.1) is 5.56 Å². The van der Waals surface area contributed by atoms with Crippen molar-refractivity contribution in [3.63, 3.8) is 0 Å². The fourth-order valence-corrected chi connectivity index (χ4v) is 2.32. The lowest BCUT2D eigenvalue weighted by atomic mass is 10.1. The third-order valence-corrected chi connectivity index (χ3v) is 3.40. The average molecular weight is 236 g/mol. The topological polar surface area (TPSA) is 45.5 Å². The largest absolute Gasteiger partial charge is 0.466 e. The van der Waals surface area contributed by atoms with Crippen LogP contribution in [0.3, 0.4) is 0 Å². The Morgan fingerprint density at radius 3 is 2.59 bits per heavy atom. The van der Waals surface area contributed by atoms with Crippen molar-refractivity contribution >= 4 is 5.91 Å². The standard InChI is InChI=1S/C13H20N2O2/c1-9-10(2)17-11(3)12(9)13(16)15-7-4-5-14-6-8-15/h14H,4-8H2,1-3H3. The summed E-state index contributed by atoms with van der Waals surface area (Å²) in [6.45, 7) is 9.20. The number of rotatable bonds is 1. The normalized spacial score (nSPS) is 17.0. The number of furan rings is 1. The van der Waals surface area contributed by atoms with Gasteiger partial charge in [0.15, 0.2) is 0 Å². The molecule has 0 unspecified atom stereocenters. The Morgan fingerprint density at radius 1 is 1.18 bits per heavy atom. The predicted octanol–water partition coefficient (Wildman–Crippen LogP) is 1.64. The lowest BCUT2D eigenvalue weighted by molar-refractivity contribution is 0.0764. The zero-order valence-corrected chi connectivity index (χ0v) is 10.8. The molecule has 0 atom stereocenters. The van der Waals surface area contributed by atoms with Crippen molar-refractivity contribution in [3.05, 3.63) is 22.6 Å². The molecule has 1 aromatic heterocycles. The minimum absolute atomic E-state index is 0.112. The van der Waals surface area contributed by atoms with E-state index in [0.717, 1.165) is 55.2 Å². The summed E-state index contributed by atoms with van der Waals surface area (Å²) in [5.41, 5.74) is 1.73. The number of hydrogen-bond donors (Lipinski definition) is 1. The number of nitrogens with zero attached hydrogens (tertiary/aromatic N) is 1. The van der Waals surface area contributed by atoms with Gasteiger partial charge in [0.25, 0.3) is 5.91 Å². The van der Waals surface area contributed by atoms with E-state index < -0.39 is 0 Å². The van der Waals surface area contributed by atoms with E-state index in [4.69, 9.17) is 4.42 Å². The first-order valence-electron chi connectivity index (χ1n) is 6.18. The summed E-state index contributed by atoms with van der Waals surface area (Å²) in [5.74, 6) is 1.70. The van der Waals surface area contributed by atoms with E-state index in [1.54, 1.807) is 0 Å². The van der Waals surface area contributed by atoms with E-state index in [-0.39, 0.29) is 5.91 Å². The first-order chi connectivity index (χ1) is 8.11. The second-order valence-corrected chi connectivity index (χ2v) is 4.61. The molecule has 0 aromatic carbocycles. The lowest BCUT2D eigenvalue weighted by Gasteiger charge is -2.20. The van der Waals surface area contributed by atoms with Crippen LogP contribution in [0.1, 0.15) is 33.9 Å². The molecule has 0 spiro atoms. The van der Waals surface area contributed by atoms with Crippen LogP contribution in [0.25, 0.3) is 0 Å². The van der Waals surface area contributed by atoms with E-state index in [9.17, 15) is 4.79 Å². The Bertz CT molecular complexity index is 415. The average Bonchev–Trinajstić information content (AvgIpc) is 2.52. The molecule has 94 valence electrons. The molecule has 2 heterocycles. The quantitative estimate of drug-likeness (QED) is 0.806. The number of carbonyl (C=O) groups is 1. The van der Waals surface area contributed by atoms with E-state index in [1.807, 2.05) is 25.7 Å². The van der Waals surface area contributed by atoms with Gasteiger partial charge in [0, 0.05) is 25.2 Å². The Kier molecular flexibility index (Phi) is 3.52. The van der Waals surface area contributed by atoms with Crippen LogP contribution in [0.4, 0.5) is 0 Å². The van der Waals surface area contributed by atoms with Crippen molar-refractivity contribution in [1.29, 1.82) is 0 Å². The molecular weight excluding hydrogens is 216 g/mol. The molecule has 1 aliphatic rings. The number of hydrogen-bond acceptors (Lipinski definition) is 3. The van der Waals surface area contributed by atoms with Crippen molar-refractivity contribution in [3.8, 4) is 0 Å². The fourth-order valence-electron chi connectivity index (χ4n) is 2.32. The highest BCUT2D eigenvalue weighted by Crippen LogP contribution is 2.22. The maximum absolute atomic E-state index is 12.4. The van der Waals surface area contributed by atoms with Crippen molar-refractivity contribution in [1.82, 2.24) is 10.2 Å². The van der Waals surface area contributed by atoms with Gasteiger partial charge in [-0.3, -0.25) is 4.79 Å². The monoisotopic (exact) mass is 236 g/mol. The van der Waals surface area contributed by atoms with Gasteiger partial charge in [-0.05, 0) is 33.7 Å². The summed E-state index contributed by atoms with van der Waals surface area (Å²) in [7, 11) is 0. The van der Waals surface area contributed by atoms with Gasteiger partial charge in [0.2, 0.25) is 0 Å². The summed E-state index contributed by atoms with van der Waals surface area (Å²) in [4.78, 5) is 14.4. The molecule has 4 heteroatoms. The molecule has 0 aliphatic carbocycles. The van der Waals surface area contributed by atoms with Gasteiger partial charge < -0.3 is 14.6 Å². The highest BCUT2D eigenvalue weighted by atomic mass is 16.3. The molecule has 0 saturated carbocycles. The molecule has 2 rings (SSSR count). The second-order valence-electron chi connectivity index (χ2n) is 4.61. The van der Waals surface area contributed by atoms with Gasteiger partial charge in [0.1, 0.15) is 11.5 Å². The van der Waals surface area contributed by atoms with Crippen molar-refractivity contribution in [2.45, 2.75) is 27.2 Å². The van der Waals surface area contributed by atoms with E-state index in [0.29, 0.717) is 0 Å². The number of amides is 1. The molecular formula is C13H20N2O2. The zero-order valence-electron chi connectivity index (χ0n) is 10.8. The molecule has 1 aromatic rings. The molecule has 0 radical (unpaired) electrons. The summed E-state index contributed by atoms with van der Waals surface area (Å²) in [5, 5.41) is 3.30. The van der Waals surface area contributed by atoms with E-state index >= 15 is 0 Å². The van der Waals surface area contributed by atoms with Crippen molar-refractivity contribution < 1.29 is 9.21 Å². The van der Waals surface area contributed by atoms with Crippen LogP contribution in [0.15, 0.2) is 4.42 Å². The lowest BCUT2D eigenvalue weighted by Crippen LogP contribution is -2.34. The molecule has 4 nitrogen and oxygen atoms in total. The third kappa shape index (κ3) is 2.36. The van der Waals surface area contributed by atoms with Crippen LogP contribution in [-0.4, -0.2) is 37.0 Å². The van der Waals surface area contributed by atoms with Crippen molar-refractivity contribution in [2.75, 3.05) is 26.2 Å². The van der Waals surface area contributed by atoms with Crippen LogP contribution in [0, 0.1) is 20.8 Å². The summed E-state index contributed by atoms with van der Waals surface area (Å²) >= 11 is 0.